The summed E-state index contributed by atoms with van der Waals surface area (Å²) >= 11 is 0. The van der Waals surface area contributed by atoms with Crippen molar-refractivity contribution in [3.8, 4) is 11.3 Å². The number of hydrogen-bond donors (Lipinski definition) is 1. The van der Waals surface area contributed by atoms with Crippen molar-refractivity contribution >= 4 is 22.4 Å². The van der Waals surface area contributed by atoms with Gasteiger partial charge in [-0.05, 0) is 54.8 Å². The molecule has 0 aliphatic rings. The number of hydrogen-bond acceptors (Lipinski definition) is 3. The Morgan fingerprint density at radius 1 is 1.00 bits per heavy atom. The van der Waals surface area contributed by atoms with Crippen LogP contribution in [0.5, 0.6) is 0 Å². The molecule has 0 atom stereocenters. The number of anilines is 1. The minimum absolute atomic E-state index is 0.227. The molecule has 0 fully saturated rings. The summed E-state index contributed by atoms with van der Waals surface area (Å²) < 4.78 is 14.6. The number of amides is 1. The van der Waals surface area contributed by atoms with Gasteiger partial charge in [-0.3, -0.25) is 9.59 Å². The number of rotatable bonds is 5. The van der Waals surface area contributed by atoms with Crippen LogP contribution in [0, 0.1) is 12.7 Å². The molecular formula is C25H22FN3O2. The Hall–Kier alpha value is -3.80. The highest BCUT2D eigenvalue weighted by Crippen LogP contribution is 2.25. The van der Waals surface area contributed by atoms with Gasteiger partial charge in [0.1, 0.15) is 12.4 Å². The van der Waals surface area contributed by atoms with Crippen LogP contribution in [0.25, 0.3) is 22.0 Å². The zero-order chi connectivity index (χ0) is 22.0. The number of para-hydroxylation sites is 1. The number of aryl methyl sites for hydroxylation is 2. The molecule has 31 heavy (non-hydrogen) atoms. The highest BCUT2D eigenvalue weighted by Gasteiger charge is 2.15. The van der Waals surface area contributed by atoms with Gasteiger partial charge in [0.15, 0.2) is 0 Å². The number of aromatic nitrogens is 2. The first-order valence-electron chi connectivity index (χ1n) is 10.1. The van der Waals surface area contributed by atoms with Crippen LogP contribution in [0.3, 0.4) is 0 Å². The third kappa shape index (κ3) is 4.10. The van der Waals surface area contributed by atoms with E-state index in [4.69, 9.17) is 0 Å². The molecule has 0 bridgehead atoms. The molecule has 1 heterocycles. The third-order valence-electron chi connectivity index (χ3n) is 5.28. The molecule has 0 radical (unpaired) electrons. The Bertz CT molecular complexity index is 1330. The Labute approximate surface area is 179 Å². The fourth-order valence-corrected chi connectivity index (χ4v) is 3.68. The van der Waals surface area contributed by atoms with Crippen LogP contribution >= 0.6 is 0 Å². The Kier molecular flexibility index (Phi) is 5.62. The molecule has 1 N–H and O–H groups in total. The van der Waals surface area contributed by atoms with Crippen molar-refractivity contribution in [1.29, 1.82) is 0 Å². The van der Waals surface area contributed by atoms with Crippen LogP contribution < -0.4 is 10.9 Å². The van der Waals surface area contributed by atoms with Crippen LogP contribution in [-0.4, -0.2) is 15.7 Å². The second kappa shape index (κ2) is 8.52. The van der Waals surface area contributed by atoms with Gasteiger partial charge in [0.2, 0.25) is 5.91 Å². The molecule has 4 rings (SSSR count). The van der Waals surface area contributed by atoms with Gasteiger partial charge in [0.25, 0.3) is 5.56 Å². The van der Waals surface area contributed by atoms with Crippen molar-refractivity contribution < 1.29 is 9.18 Å². The zero-order valence-corrected chi connectivity index (χ0v) is 17.4. The summed E-state index contributed by atoms with van der Waals surface area (Å²) in [5.41, 5.74) is 3.59. The van der Waals surface area contributed by atoms with Gasteiger partial charge in [0, 0.05) is 16.6 Å². The van der Waals surface area contributed by atoms with E-state index in [-0.39, 0.29) is 23.8 Å². The average Bonchev–Trinajstić information content (AvgIpc) is 2.78. The maximum atomic E-state index is 13.4. The largest absolute Gasteiger partial charge is 0.324 e. The van der Waals surface area contributed by atoms with E-state index in [0.29, 0.717) is 22.0 Å². The molecule has 6 heteroatoms. The van der Waals surface area contributed by atoms with Crippen molar-refractivity contribution in [2.45, 2.75) is 26.8 Å². The second-order valence-electron chi connectivity index (χ2n) is 7.37. The maximum Gasteiger partial charge on any atom is 0.275 e. The van der Waals surface area contributed by atoms with Crippen LogP contribution in [0.1, 0.15) is 18.1 Å². The molecule has 0 saturated heterocycles. The summed E-state index contributed by atoms with van der Waals surface area (Å²) in [7, 11) is 0. The molecule has 4 aromatic rings. The minimum atomic E-state index is -0.356. The molecule has 0 unspecified atom stereocenters. The summed E-state index contributed by atoms with van der Waals surface area (Å²) in [4.78, 5) is 25.8. The quantitative estimate of drug-likeness (QED) is 0.513. The normalized spacial score (nSPS) is 10.9. The maximum absolute atomic E-state index is 13.4. The van der Waals surface area contributed by atoms with Gasteiger partial charge in [-0.15, -0.1) is 0 Å². The summed E-state index contributed by atoms with van der Waals surface area (Å²) in [6.07, 6.45) is 0.778. The lowest BCUT2D eigenvalue weighted by Crippen LogP contribution is -2.30. The highest BCUT2D eigenvalue weighted by molar-refractivity contribution is 5.95. The molecule has 156 valence electrons. The highest BCUT2D eigenvalue weighted by atomic mass is 19.1. The van der Waals surface area contributed by atoms with Crippen molar-refractivity contribution in [2.75, 3.05) is 5.32 Å². The Morgan fingerprint density at radius 3 is 2.42 bits per heavy atom. The number of nitrogens with one attached hydrogen (secondary N) is 1. The van der Waals surface area contributed by atoms with E-state index in [0.717, 1.165) is 23.2 Å². The molecule has 0 spiro atoms. The second-order valence-corrected chi connectivity index (χ2v) is 7.37. The fraction of sp³-hybridized carbons (Fsp3) is 0.160. The lowest BCUT2D eigenvalue weighted by atomic mass is 10.0. The van der Waals surface area contributed by atoms with E-state index in [1.165, 1.54) is 16.8 Å². The summed E-state index contributed by atoms with van der Waals surface area (Å²) in [5.74, 6) is -0.690. The van der Waals surface area contributed by atoms with Crippen LogP contribution in [-0.2, 0) is 17.8 Å². The minimum Gasteiger partial charge on any atom is -0.324 e. The first-order valence-corrected chi connectivity index (χ1v) is 10.1. The lowest BCUT2D eigenvalue weighted by Gasteiger charge is -2.14. The van der Waals surface area contributed by atoms with Crippen molar-refractivity contribution in [1.82, 2.24) is 9.78 Å². The van der Waals surface area contributed by atoms with Gasteiger partial charge in [0.05, 0.1) is 11.1 Å². The topological polar surface area (TPSA) is 64.0 Å². The van der Waals surface area contributed by atoms with Crippen molar-refractivity contribution in [3.05, 3.63) is 94.0 Å². The number of nitrogens with zero attached hydrogens (tertiary/aromatic N) is 2. The first kappa shape index (κ1) is 20.5. The molecular weight excluding hydrogens is 393 g/mol. The van der Waals surface area contributed by atoms with Gasteiger partial charge in [-0.2, -0.15) is 5.10 Å². The molecule has 1 amide bonds. The van der Waals surface area contributed by atoms with E-state index in [1.807, 2.05) is 38.1 Å². The number of carbonyl (C=O) groups is 1. The van der Waals surface area contributed by atoms with Crippen molar-refractivity contribution in [3.63, 3.8) is 0 Å². The van der Waals surface area contributed by atoms with Gasteiger partial charge in [-0.1, -0.05) is 43.3 Å². The lowest BCUT2D eigenvalue weighted by molar-refractivity contribution is -0.117. The number of carbonyl (C=O) groups excluding carboxylic acids is 1. The number of benzene rings is 3. The molecule has 0 saturated carbocycles. The molecule has 1 aromatic heterocycles. The standard InChI is InChI=1S/C25H22FN3O2/c1-3-17-8-6-7-16(2)23(17)27-22(30)15-29-25(31)21-10-5-4-9-20(21)24(28-29)18-11-13-19(26)14-12-18/h4-14H,3,15H2,1-2H3,(H,27,30). The van der Waals surface area contributed by atoms with Gasteiger partial charge >= 0.3 is 0 Å². The van der Waals surface area contributed by atoms with E-state index in [2.05, 4.69) is 10.4 Å². The summed E-state index contributed by atoms with van der Waals surface area (Å²) in [6, 6.07) is 18.9. The Balaban J connectivity index is 1.75. The van der Waals surface area contributed by atoms with Crippen LogP contribution in [0.2, 0.25) is 0 Å². The molecule has 0 aliphatic carbocycles. The van der Waals surface area contributed by atoms with Crippen LogP contribution in [0.15, 0.2) is 71.5 Å². The SMILES string of the molecule is CCc1cccc(C)c1NC(=O)Cn1nc(-c2ccc(F)cc2)c2ccccc2c1=O. The van der Waals surface area contributed by atoms with E-state index in [9.17, 15) is 14.0 Å². The summed E-state index contributed by atoms with van der Waals surface area (Å²) in [6.45, 7) is 3.73. The summed E-state index contributed by atoms with van der Waals surface area (Å²) in [5, 5.41) is 8.51. The Morgan fingerprint density at radius 2 is 1.71 bits per heavy atom. The predicted octanol–water partition coefficient (Wildman–Crippen LogP) is 4.71. The molecule has 5 nitrogen and oxygen atoms in total. The number of fused-ring (bicyclic) bond motifs is 1. The van der Waals surface area contributed by atoms with E-state index in [1.54, 1.807) is 30.3 Å². The smallest absolute Gasteiger partial charge is 0.275 e. The third-order valence-corrected chi connectivity index (χ3v) is 5.28. The zero-order valence-electron chi connectivity index (χ0n) is 17.4. The van der Waals surface area contributed by atoms with Crippen LogP contribution in [0.4, 0.5) is 10.1 Å². The fourth-order valence-electron chi connectivity index (χ4n) is 3.68. The molecule has 0 aliphatic heterocycles. The van der Waals surface area contributed by atoms with Crippen molar-refractivity contribution in [2.24, 2.45) is 0 Å². The molecule has 3 aromatic carbocycles. The van der Waals surface area contributed by atoms with Gasteiger partial charge < -0.3 is 5.32 Å². The predicted molar refractivity (Wildman–Crippen MR) is 121 cm³/mol. The van der Waals surface area contributed by atoms with E-state index < -0.39 is 0 Å². The van der Waals surface area contributed by atoms with E-state index >= 15 is 0 Å². The van der Waals surface area contributed by atoms with Gasteiger partial charge in [-0.25, -0.2) is 9.07 Å². The number of halogens is 1. The first-order chi connectivity index (χ1) is 15.0. The average molecular weight is 415 g/mol. The monoisotopic (exact) mass is 415 g/mol.